The zero-order chi connectivity index (χ0) is 17.1. The average Bonchev–Trinajstić information content (AvgIpc) is 2.59. The Balaban J connectivity index is 1.67. The Morgan fingerprint density at radius 1 is 1.25 bits per heavy atom. The number of hydrogen-bond donors (Lipinski definition) is 1. The van der Waals surface area contributed by atoms with Crippen molar-refractivity contribution in [1.29, 1.82) is 0 Å². The van der Waals surface area contributed by atoms with E-state index in [1.807, 2.05) is 12.1 Å². The van der Waals surface area contributed by atoms with E-state index < -0.39 is 10.8 Å². The van der Waals surface area contributed by atoms with Gasteiger partial charge in [0.1, 0.15) is 18.3 Å². The molecule has 3 rings (SSSR count). The molecule has 1 N–H and O–H groups in total. The van der Waals surface area contributed by atoms with Crippen molar-refractivity contribution in [2.75, 3.05) is 13.2 Å². The third kappa shape index (κ3) is 3.15. The summed E-state index contributed by atoms with van der Waals surface area (Å²) < 4.78 is 11.3. The van der Waals surface area contributed by atoms with Gasteiger partial charge in [-0.2, -0.15) is 0 Å². The van der Waals surface area contributed by atoms with Crippen molar-refractivity contribution in [3.05, 3.63) is 63.7 Å². The number of rotatable bonds is 4. The summed E-state index contributed by atoms with van der Waals surface area (Å²) in [5.41, 5.74) is 0.303. The summed E-state index contributed by atoms with van der Waals surface area (Å²) in [7, 11) is 0. The number of carbonyl (C=O) groups is 1. The number of carbonyl (C=O) groups excluding carboxylic acids is 1. The highest BCUT2D eigenvalue weighted by atomic mass is 16.6. The van der Waals surface area contributed by atoms with Crippen LogP contribution >= 0.6 is 0 Å². The molecule has 0 aliphatic carbocycles. The van der Waals surface area contributed by atoms with Crippen LogP contribution < -0.4 is 14.8 Å². The fraction of sp³-hybridized carbons (Fsp3) is 0.235. The molecule has 0 bridgehead atoms. The van der Waals surface area contributed by atoms with Crippen LogP contribution in [0.5, 0.6) is 11.5 Å². The van der Waals surface area contributed by atoms with Crippen LogP contribution in [0.15, 0.2) is 42.5 Å². The van der Waals surface area contributed by atoms with Crippen molar-refractivity contribution in [2.45, 2.75) is 13.0 Å². The average molecular weight is 328 g/mol. The smallest absolute Gasteiger partial charge is 0.285 e. The van der Waals surface area contributed by atoms with Crippen LogP contribution in [0.3, 0.4) is 0 Å². The molecule has 1 amide bonds. The van der Waals surface area contributed by atoms with E-state index in [9.17, 15) is 14.9 Å². The number of aryl methyl sites for hydroxylation is 1. The molecule has 7 nitrogen and oxygen atoms in total. The van der Waals surface area contributed by atoms with E-state index in [4.69, 9.17) is 9.47 Å². The van der Waals surface area contributed by atoms with Crippen LogP contribution in [-0.2, 0) is 0 Å². The van der Waals surface area contributed by atoms with Gasteiger partial charge in [0.05, 0.1) is 11.5 Å². The van der Waals surface area contributed by atoms with Crippen LogP contribution in [0.4, 0.5) is 5.69 Å². The van der Waals surface area contributed by atoms with Gasteiger partial charge in [-0.05, 0) is 25.1 Å². The minimum Gasteiger partial charge on any atom is -0.486 e. The highest BCUT2D eigenvalue weighted by Gasteiger charge is 2.25. The minimum absolute atomic E-state index is 0.0390. The lowest BCUT2D eigenvalue weighted by Gasteiger charge is -2.26. The summed E-state index contributed by atoms with van der Waals surface area (Å²) in [6.45, 7) is 2.09. The summed E-state index contributed by atoms with van der Waals surface area (Å²) in [5, 5.41) is 13.8. The highest BCUT2D eigenvalue weighted by molar-refractivity contribution is 5.98. The van der Waals surface area contributed by atoms with E-state index in [0.29, 0.717) is 23.7 Å². The monoisotopic (exact) mass is 328 g/mol. The molecule has 1 heterocycles. The van der Waals surface area contributed by atoms with Gasteiger partial charge in [-0.3, -0.25) is 14.9 Å². The van der Waals surface area contributed by atoms with Crippen molar-refractivity contribution >= 4 is 11.6 Å². The number of ether oxygens (including phenoxy) is 2. The van der Waals surface area contributed by atoms with Crippen molar-refractivity contribution < 1.29 is 19.2 Å². The second kappa shape index (κ2) is 6.57. The second-order valence-corrected chi connectivity index (χ2v) is 5.44. The maximum Gasteiger partial charge on any atom is 0.285 e. The van der Waals surface area contributed by atoms with Crippen LogP contribution in [-0.4, -0.2) is 30.1 Å². The Morgan fingerprint density at radius 2 is 2.00 bits per heavy atom. The van der Waals surface area contributed by atoms with E-state index in [2.05, 4.69) is 5.32 Å². The molecule has 1 aliphatic rings. The lowest BCUT2D eigenvalue weighted by molar-refractivity contribution is -0.385. The lowest BCUT2D eigenvalue weighted by Crippen LogP contribution is -2.40. The van der Waals surface area contributed by atoms with E-state index in [1.165, 1.54) is 6.07 Å². The van der Waals surface area contributed by atoms with E-state index in [1.54, 1.807) is 31.2 Å². The minimum atomic E-state index is -0.541. The van der Waals surface area contributed by atoms with Crippen LogP contribution in [0, 0.1) is 17.0 Å². The highest BCUT2D eigenvalue weighted by Crippen LogP contribution is 2.30. The Morgan fingerprint density at radius 3 is 2.75 bits per heavy atom. The number of nitro benzene ring substituents is 1. The van der Waals surface area contributed by atoms with Gasteiger partial charge in [-0.15, -0.1) is 0 Å². The topological polar surface area (TPSA) is 90.7 Å². The fourth-order valence-corrected chi connectivity index (χ4v) is 2.55. The lowest BCUT2D eigenvalue weighted by atomic mass is 10.1. The molecule has 0 fully saturated rings. The molecule has 0 saturated carbocycles. The number of benzene rings is 2. The van der Waals surface area contributed by atoms with E-state index in [-0.39, 0.29) is 23.9 Å². The van der Waals surface area contributed by atoms with Gasteiger partial charge in [0, 0.05) is 5.56 Å². The molecule has 24 heavy (non-hydrogen) atoms. The standard InChI is InChI=1S/C17H16N2O5/c1-11-5-4-6-13(16(11)19(21)22)17(20)18-9-12-10-23-14-7-2-3-8-15(14)24-12/h2-8,12H,9-10H2,1H3,(H,18,20). The Labute approximate surface area is 138 Å². The largest absolute Gasteiger partial charge is 0.486 e. The molecule has 2 aromatic rings. The van der Waals surface area contributed by atoms with Gasteiger partial charge in [0.25, 0.3) is 11.6 Å². The van der Waals surface area contributed by atoms with Gasteiger partial charge in [0.2, 0.25) is 0 Å². The number of para-hydroxylation sites is 3. The van der Waals surface area contributed by atoms with Crippen molar-refractivity contribution in [3.63, 3.8) is 0 Å². The van der Waals surface area contributed by atoms with Crippen molar-refractivity contribution in [2.24, 2.45) is 0 Å². The summed E-state index contributed by atoms with van der Waals surface area (Å²) in [6.07, 6.45) is -0.354. The van der Waals surface area contributed by atoms with Gasteiger partial charge in [0.15, 0.2) is 11.5 Å². The molecule has 0 aromatic heterocycles. The summed E-state index contributed by atoms with van der Waals surface area (Å²) in [6, 6.07) is 11.9. The van der Waals surface area contributed by atoms with Crippen LogP contribution in [0.25, 0.3) is 0 Å². The van der Waals surface area contributed by atoms with Crippen molar-refractivity contribution in [3.8, 4) is 11.5 Å². The zero-order valence-electron chi connectivity index (χ0n) is 13.0. The normalized spacial score (nSPS) is 15.6. The summed E-state index contributed by atoms with van der Waals surface area (Å²) in [4.78, 5) is 22.9. The number of fused-ring (bicyclic) bond motifs is 1. The first-order chi connectivity index (χ1) is 11.6. The second-order valence-electron chi connectivity index (χ2n) is 5.44. The number of nitrogens with zero attached hydrogens (tertiary/aromatic N) is 1. The number of amides is 1. The molecule has 2 aromatic carbocycles. The predicted octanol–water partition coefficient (Wildman–Crippen LogP) is 2.47. The first-order valence-corrected chi connectivity index (χ1v) is 7.47. The molecule has 0 radical (unpaired) electrons. The SMILES string of the molecule is Cc1cccc(C(=O)NCC2COc3ccccc3O2)c1[N+](=O)[O-]. The Kier molecular flexibility index (Phi) is 4.33. The fourth-order valence-electron chi connectivity index (χ4n) is 2.55. The predicted molar refractivity (Wildman–Crippen MR) is 86.5 cm³/mol. The molecule has 124 valence electrons. The first-order valence-electron chi connectivity index (χ1n) is 7.47. The van der Waals surface area contributed by atoms with Gasteiger partial charge >= 0.3 is 0 Å². The molecule has 0 saturated heterocycles. The molecular weight excluding hydrogens is 312 g/mol. The van der Waals surface area contributed by atoms with Gasteiger partial charge < -0.3 is 14.8 Å². The van der Waals surface area contributed by atoms with Gasteiger partial charge in [-0.1, -0.05) is 24.3 Å². The molecule has 1 unspecified atom stereocenters. The number of nitro groups is 1. The number of hydrogen-bond acceptors (Lipinski definition) is 5. The first kappa shape index (κ1) is 15.8. The van der Waals surface area contributed by atoms with Crippen molar-refractivity contribution in [1.82, 2.24) is 5.32 Å². The maximum atomic E-state index is 12.3. The molecule has 1 aliphatic heterocycles. The molecule has 0 spiro atoms. The quantitative estimate of drug-likeness (QED) is 0.688. The Bertz CT molecular complexity index is 790. The zero-order valence-corrected chi connectivity index (χ0v) is 13.0. The Hall–Kier alpha value is -3.09. The number of nitrogens with one attached hydrogen (secondary N) is 1. The van der Waals surface area contributed by atoms with E-state index in [0.717, 1.165) is 0 Å². The third-order valence-corrected chi connectivity index (χ3v) is 3.72. The van der Waals surface area contributed by atoms with Gasteiger partial charge in [-0.25, -0.2) is 0 Å². The third-order valence-electron chi connectivity index (χ3n) is 3.72. The van der Waals surface area contributed by atoms with E-state index >= 15 is 0 Å². The molecular formula is C17H16N2O5. The van der Waals surface area contributed by atoms with Crippen LogP contribution in [0.2, 0.25) is 0 Å². The molecule has 1 atom stereocenters. The molecule has 7 heteroatoms. The summed E-state index contributed by atoms with van der Waals surface area (Å²) in [5.74, 6) is 0.770. The summed E-state index contributed by atoms with van der Waals surface area (Å²) >= 11 is 0. The van der Waals surface area contributed by atoms with Crippen LogP contribution in [0.1, 0.15) is 15.9 Å². The maximum absolute atomic E-state index is 12.3.